The van der Waals surface area contributed by atoms with E-state index in [1.165, 1.54) is 32.1 Å². The Bertz CT molecular complexity index is 650. The summed E-state index contributed by atoms with van der Waals surface area (Å²) >= 11 is 6.18. The smallest absolute Gasteiger partial charge is 0.138 e. The first-order chi connectivity index (χ1) is 11.8. The minimum absolute atomic E-state index is 0.491. The van der Waals surface area contributed by atoms with Crippen LogP contribution in [0.2, 0.25) is 5.02 Å². The van der Waals surface area contributed by atoms with E-state index in [2.05, 4.69) is 16.1 Å². The van der Waals surface area contributed by atoms with Crippen molar-refractivity contribution < 1.29 is 4.74 Å². The first kappa shape index (κ1) is 17.3. The van der Waals surface area contributed by atoms with Gasteiger partial charge in [0.05, 0.1) is 16.4 Å². The van der Waals surface area contributed by atoms with E-state index in [0.717, 1.165) is 36.1 Å². The monoisotopic (exact) mass is 347 g/mol. The Morgan fingerprint density at radius 3 is 2.83 bits per heavy atom. The summed E-state index contributed by atoms with van der Waals surface area (Å²) in [5.74, 6) is 1.58. The molecule has 4 nitrogen and oxygen atoms in total. The highest BCUT2D eigenvalue weighted by Gasteiger charge is 2.16. The van der Waals surface area contributed by atoms with Crippen LogP contribution >= 0.6 is 11.6 Å². The van der Waals surface area contributed by atoms with E-state index in [-0.39, 0.29) is 0 Å². The highest BCUT2D eigenvalue weighted by atomic mass is 35.5. The minimum Gasteiger partial charge on any atom is -0.486 e. The van der Waals surface area contributed by atoms with Gasteiger partial charge >= 0.3 is 0 Å². The van der Waals surface area contributed by atoms with E-state index in [9.17, 15) is 0 Å². The van der Waals surface area contributed by atoms with Crippen LogP contribution in [-0.4, -0.2) is 16.8 Å². The molecule has 5 heteroatoms. The minimum atomic E-state index is 0.491. The maximum absolute atomic E-state index is 6.18. The van der Waals surface area contributed by atoms with E-state index in [4.69, 9.17) is 21.4 Å². The normalized spacial score (nSPS) is 15.1. The number of benzene rings is 1. The summed E-state index contributed by atoms with van der Waals surface area (Å²) in [5, 5.41) is 8.55. The third-order valence-electron chi connectivity index (χ3n) is 4.71. The molecule has 2 aromatic rings. The van der Waals surface area contributed by atoms with Gasteiger partial charge in [-0.2, -0.15) is 5.10 Å². The Balaban J connectivity index is 1.66. The summed E-state index contributed by atoms with van der Waals surface area (Å²) in [6, 6.07) is 9.72. The quantitative estimate of drug-likeness (QED) is 0.768. The van der Waals surface area contributed by atoms with Crippen LogP contribution in [0, 0.1) is 5.92 Å². The number of nitrogens with zero attached hydrogens (tertiary/aromatic N) is 2. The lowest BCUT2D eigenvalue weighted by Crippen LogP contribution is -2.11. The molecule has 1 fully saturated rings. The number of aryl methyl sites for hydroxylation is 1. The number of halogens is 1. The van der Waals surface area contributed by atoms with Crippen molar-refractivity contribution in [3.05, 3.63) is 46.7 Å². The molecule has 0 aliphatic heterocycles. The predicted molar refractivity (Wildman–Crippen MR) is 97.3 cm³/mol. The van der Waals surface area contributed by atoms with Crippen LogP contribution < -0.4 is 10.1 Å². The van der Waals surface area contributed by atoms with Gasteiger partial charge in [0.2, 0.25) is 0 Å². The van der Waals surface area contributed by atoms with Crippen LogP contribution in [0.25, 0.3) is 0 Å². The van der Waals surface area contributed by atoms with Crippen LogP contribution in [0.5, 0.6) is 5.75 Å². The lowest BCUT2D eigenvalue weighted by atomic mass is 10.0. The molecule has 1 aromatic carbocycles. The van der Waals surface area contributed by atoms with Gasteiger partial charge in [-0.25, -0.2) is 0 Å². The molecule has 1 aromatic heterocycles. The standard InChI is InChI=1S/C19H26ClN3O/c1-21-13-16-12-17(14-24-19-9-5-4-8-18(19)20)23(22-16)11-10-15-6-2-3-7-15/h4-5,8-9,12,15,21H,2-3,6-7,10-11,13-14H2,1H3. The van der Waals surface area contributed by atoms with Gasteiger partial charge in [0.15, 0.2) is 0 Å². The van der Waals surface area contributed by atoms with Crippen LogP contribution in [0.1, 0.15) is 43.5 Å². The number of hydrogen-bond acceptors (Lipinski definition) is 3. The topological polar surface area (TPSA) is 39.1 Å². The molecule has 0 radical (unpaired) electrons. The van der Waals surface area contributed by atoms with Crippen LogP contribution in [-0.2, 0) is 19.7 Å². The second kappa shape index (κ2) is 8.54. The zero-order valence-electron chi connectivity index (χ0n) is 14.3. The Morgan fingerprint density at radius 1 is 1.29 bits per heavy atom. The largest absolute Gasteiger partial charge is 0.486 e. The maximum Gasteiger partial charge on any atom is 0.138 e. The highest BCUT2D eigenvalue weighted by molar-refractivity contribution is 6.32. The molecule has 0 bridgehead atoms. The summed E-state index contributed by atoms with van der Waals surface area (Å²) < 4.78 is 8.03. The van der Waals surface area contributed by atoms with Crippen molar-refractivity contribution in [3.8, 4) is 5.75 Å². The third-order valence-corrected chi connectivity index (χ3v) is 5.02. The molecular weight excluding hydrogens is 322 g/mol. The summed E-state index contributed by atoms with van der Waals surface area (Å²) in [4.78, 5) is 0. The fourth-order valence-corrected chi connectivity index (χ4v) is 3.60. The van der Waals surface area contributed by atoms with Crippen LogP contribution in [0.3, 0.4) is 0 Å². The highest BCUT2D eigenvalue weighted by Crippen LogP contribution is 2.28. The number of nitrogens with one attached hydrogen (secondary N) is 1. The molecule has 0 unspecified atom stereocenters. The SMILES string of the molecule is CNCc1cc(COc2ccccc2Cl)n(CCC2CCCC2)n1. The van der Waals surface area contributed by atoms with E-state index in [0.29, 0.717) is 11.6 Å². The van der Waals surface area contributed by atoms with Crippen molar-refractivity contribution in [1.82, 2.24) is 15.1 Å². The van der Waals surface area contributed by atoms with E-state index >= 15 is 0 Å². The summed E-state index contributed by atoms with van der Waals surface area (Å²) in [7, 11) is 1.94. The van der Waals surface area contributed by atoms with Crippen molar-refractivity contribution in [2.75, 3.05) is 7.05 Å². The number of aromatic nitrogens is 2. The van der Waals surface area contributed by atoms with E-state index in [1.807, 2.05) is 31.3 Å². The summed E-state index contributed by atoms with van der Waals surface area (Å²) in [6.45, 7) is 2.23. The van der Waals surface area contributed by atoms with Crippen LogP contribution in [0.4, 0.5) is 0 Å². The molecule has 0 spiro atoms. The average molecular weight is 348 g/mol. The molecule has 0 saturated heterocycles. The average Bonchev–Trinajstić information content (AvgIpc) is 3.22. The molecule has 130 valence electrons. The van der Waals surface area contributed by atoms with Gasteiger partial charge in [-0.1, -0.05) is 49.4 Å². The van der Waals surface area contributed by atoms with Gasteiger partial charge < -0.3 is 10.1 Å². The first-order valence-electron chi connectivity index (χ1n) is 8.84. The van der Waals surface area contributed by atoms with Gasteiger partial charge in [-0.3, -0.25) is 4.68 Å². The van der Waals surface area contributed by atoms with Crippen molar-refractivity contribution >= 4 is 11.6 Å². The van der Waals surface area contributed by atoms with Gasteiger partial charge in [-0.15, -0.1) is 0 Å². The number of ether oxygens (including phenoxy) is 1. The molecule has 1 aliphatic carbocycles. The molecule has 1 aliphatic rings. The van der Waals surface area contributed by atoms with Crippen molar-refractivity contribution in [1.29, 1.82) is 0 Å². The lowest BCUT2D eigenvalue weighted by Gasteiger charge is -2.12. The van der Waals surface area contributed by atoms with Gasteiger partial charge in [-0.05, 0) is 37.6 Å². The zero-order chi connectivity index (χ0) is 16.8. The van der Waals surface area contributed by atoms with Gasteiger partial charge in [0, 0.05) is 13.1 Å². The van der Waals surface area contributed by atoms with Gasteiger partial charge in [0.1, 0.15) is 12.4 Å². The molecule has 1 N–H and O–H groups in total. The third kappa shape index (κ3) is 4.52. The Morgan fingerprint density at radius 2 is 2.08 bits per heavy atom. The molecular formula is C19H26ClN3O. The fraction of sp³-hybridized carbons (Fsp3) is 0.526. The molecule has 0 amide bonds. The van der Waals surface area contributed by atoms with Crippen LogP contribution in [0.15, 0.2) is 30.3 Å². The van der Waals surface area contributed by atoms with Crippen molar-refractivity contribution in [3.63, 3.8) is 0 Å². The summed E-state index contributed by atoms with van der Waals surface area (Å²) in [6.07, 6.45) is 6.72. The molecule has 3 rings (SSSR count). The molecule has 1 saturated carbocycles. The number of para-hydroxylation sites is 1. The predicted octanol–water partition coefficient (Wildman–Crippen LogP) is 4.42. The summed E-state index contributed by atoms with van der Waals surface area (Å²) in [5.41, 5.74) is 2.17. The molecule has 24 heavy (non-hydrogen) atoms. The second-order valence-electron chi connectivity index (χ2n) is 6.54. The maximum atomic E-state index is 6.18. The molecule has 1 heterocycles. The van der Waals surface area contributed by atoms with Gasteiger partial charge in [0.25, 0.3) is 0 Å². The Labute approximate surface area is 149 Å². The van der Waals surface area contributed by atoms with Crippen molar-refractivity contribution in [2.24, 2.45) is 5.92 Å². The van der Waals surface area contributed by atoms with Crippen molar-refractivity contribution in [2.45, 2.75) is 51.8 Å². The number of hydrogen-bond donors (Lipinski definition) is 1. The number of rotatable bonds is 8. The first-order valence-corrected chi connectivity index (χ1v) is 9.21. The fourth-order valence-electron chi connectivity index (χ4n) is 3.41. The molecule has 0 atom stereocenters. The second-order valence-corrected chi connectivity index (χ2v) is 6.95. The zero-order valence-corrected chi connectivity index (χ0v) is 15.1. The Hall–Kier alpha value is -1.52. The van der Waals surface area contributed by atoms with E-state index < -0.39 is 0 Å². The Kier molecular flexibility index (Phi) is 6.16. The van der Waals surface area contributed by atoms with E-state index in [1.54, 1.807) is 0 Å². The lowest BCUT2D eigenvalue weighted by molar-refractivity contribution is 0.288.